The highest BCUT2D eigenvalue weighted by Gasteiger charge is 2.30. The van der Waals surface area contributed by atoms with Crippen LogP contribution < -0.4 is 10.6 Å². The summed E-state index contributed by atoms with van der Waals surface area (Å²) in [7, 11) is 1.75. The Morgan fingerprint density at radius 3 is 2.78 bits per heavy atom. The molecule has 1 atom stereocenters. The third kappa shape index (κ3) is 3.43. The Hall–Kier alpha value is -1.14. The number of piperidine rings is 1. The van der Waals surface area contributed by atoms with Gasteiger partial charge in [0, 0.05) is 13.6 Å². The average molecular weight is 255 g/mol. The zero-order valence-electron chi connectivity index (χ0n) is 10.8. The molecule has 1 unspecified atom stereocenters. The molecule has 102 valence electrons. The van der Waals surface area contributed by atoms with E-state index in [2.05, 4.69) is 10.6 Å². The summed E-state index contributed by atoms with van der Waals surface area (Å²) in [4.78, 5) is 24.9. The van der Waals surface area contributed by atoms with Gasteiger partial charge in [0.25, 0.3) is 0 Å². The molecule has 0 saturated carbocycles. The van der Waals surface area contributed by atoms with Gasteiger partial charge in [-0.15, -0.1) is 0 Å². The van der Waals surface area contributed by atoms with Crippen LogP contribution in [0, 0.1) is 0 Å². The van der Waals surface area contributed by atoms with E-state index in [0.29, 0.717) is 13.0 Å². The van der Waals surface area contributed by atoms with Crippen molar-refractivity contribution in [2.24, 2.45) is 0 Å². The van der Waals surface area contributed by atoms with E-state index >= 15 is 0 Å². The van der Waals surface area contributed by atoms with Gasteiger partial charge in [0.05, 0.1) is 6.10 Å². The molecule has 0 radical (unpaired) electrons. The van der Waals surface area contributed by atoms with Gasteiger partial charge in [-0.25, -0.2) is 0 Å². The van der Waals surface area contributed by atoms with Crippen LogP contribution >= 0.6 is 0 Å². The first-order chi connectivity index (χ1) is 8.66. The first kappa shape index (κ1) is 13.3. The summed E-state index contributed by atoms with van der Waals surface area (Å²) in [5, 5.41) is 5.97. The Balaban J connectivity index is 1.67. The molecule has 6 heteroatoms. The van der Waals surface area contributed by atoms with Crippen molar-refractivity contribution in [3.63, 3.8) is 0 Å². The molecule has 2 N–H and O–H groups in total. The van der Waals surface area contributed by atoms with E-state index in [9.17, 15) is 9.59 Å². The highest BCUT2D eigenvalue weighted by molar-refractivity contribution is 5.89. The third-order valence-corrected chi connectivity index (χ3v) is 3.50. The van der Waals surface area contributed by atoms with E-state index in [4.69, 9.17) is 4.74 Å². The second-order valence-corrected chi connectivity index (χ2v) is 4.93. The second-order valence-electron chi connectivity index (χ2n) is 4.93. The van der Waals surface area contributed by atoms with Gasteiger partial charge in [-0.3, -0.25) is 9.59 Å². The molecular formula is C12H21N3O3. The molecule has 0 aromatic rings. The van der Waals surface area contributed by atoms with Crippen molar-refractivity contribution < 1.29 is 14.3 Å². The zero-order valence-corrected chi connectivity index (χ0v) is 10.8. The van der Waals surface area contributed by atoms with Gasteiger partial charge in [0.2, 0.25) is 11.8 Å². The number of nitrogens with one attached hydrogen (secondary N) is 2. The van der Waals surface area contributed by atoms with Crippen LogP contribution in [0.4, 0.5) is 0 Å². The molecule has 0 spiro atoms. The van der Waals surface area contributed by atoms with E-state index in [-0.39, 0.29) is 30.6 Å². The predicted molar refractivity (Wildman–Crippen MR) is 66.0 cm³/mol. The summed E-state index contributed by atoms with van der Waals surface area (Å²) in [5.41, 5.74) is 0. The topological polar surface area (TPSA) is 70.7 Å². The molecule has 0 bridgehead atoms. The van der Waals surface area contributed by atoms with Gasteiger partial charge in [0.15, 0.2) is 0 Å². The number of rotatable bonds is 4. The van der Waals surface area contributed by atoms with Crippen molar-refractivity contribution >= 4 is 11.8 Å². The van der Waals surface area contributed by atoms with Crippen LogP contribution in [-0.2, 0) is 14.3 Å². The Kier molecular flexibility index (Phi) is 4.54. The van der Waals surface area contributed by atoms with Crippen LogP contribution in [0.2, 0.25) is 0 Å². The van der Waals surface area contributed by atoms with Gasteiger partial charge in [0.1, 0.15) is 12.6 Å². The minimum Gasteiger partial charge on any atom is -0.368 e. The van der Waals surface area contributed by atoms with Crippen molar-refractivity contribution in [2.75, 3.05) is 33.3 Å². The Bertz CT molecular complexity index is 316. The smallest absolute Gasteiger partial charge is 0.246 e. The average Bonchev–Trinajstić information content (AvgIpc) is 2.70. The Morgan fingerprint density at radius 1 is 1.44 bits per heavy atom. The fourth-order valence-electron chi connectivity index (χ4n) is 2.35. The maximum Gasteiger partial charge on any atom is 0.246 e. The van der Waals surface area contributed by atoms with Crippen LogP contribution in [0.3, 0.4) is 0 Å². The van der Waals surface area contributed by atoms with Crippen LogP contribution in [0.5, 0.6) is 0 Å². The van der Waals surface area contributed by atoms with Crippen molar-refractivity contribution in [3.8, 4) is 0 Å². The molecule has 2 fully saturated rings. The molecule has 18 heavy (non-hydrogen) atoms. The lowest BCUT2D eigenvalue weighted by Crippen LogP contribution is -2.43. The van der Waals surface area contributed by atoms with E-state index in [0.717, 1.165) is 25.9 Å². The number of likely N-dealkylation sites (tertiary alicyclic amines) is 1. The number of nitrogens with zero attached hydrogens (tertiary/aromatic N) is 1. The number of likely N-dealkylation sites (N-methyl/N-ethyl adjacent to an activating group) is 1. The molecule has 2 amide bonds. The van der Waals surface area contributed by atoms with Gasteiger partial charge in [-0.1, -0.05) is 0 Å². The first-order valence-electron chi connectivity index (χ1n) is 6.53. The van der Waals surface area contributed by atoms with Gasteiger partial charge >= 0.3 is 0 Å². The largest absolute Gasteiger partial charge is 0.368 e. The van der Waals surface area contributed by atoms with Gasteiger partial charge in [-0.05, 0) is 32.4 Å². The molecule has 6 nitrogen and oxygen atoms in total. The van der Waals surface area contributed by atoms with E-state index in [1.165, 1.54) is 0 Å². The third-order valence-electron chi connectivity index (χ3n) is 3.50. The SMILES string of the molecule is CN1CCC(NC(=O)COC2CCNCC2)C1=O. The van der Waals surface area contributed by atoms with Crippen molar-refractivity contribution in [1.29, 1.82) is 0 Å². The van der Waals surface area contributed by atoms with Gasteiger partial charge < -0.3 is 20.3 Å². The molecule has 2 aliphatic heterocycles. The fraction of sp³-hybridized carbons (Fsp3) is 0.833. The maximum absolute atomic E-state index is 11.7. The Morgan fingerprint density at radius 2 is 2.17 bits per heavy atom. The quantitative estimate of drug-likeness (QED) is 0.683. The summed E-state index contributed by atoms with van der Waals surface area (Å²) in [6.45, 7) is 2.65. The summed E-state index contributed by atoms with van der Waals surface area (Å²) in [5.74, 6) is -0.201. The molecule has 2 saturated heterocycles. The number of hydrogen-bond donors (Lipinski definition) is 2. The highest BCUT2D eigenvalue weighted by atomic mass is 16.5. The number of amides is 2. The number of hydrogen-bond acceptors (Lipinski definition) is 4. The lowest BCUT2D eigenvalue weighted by molar-refractivity contribution is -0.134. The molecule has 2 heterocycles. The fourth-order valence-corrected chi connectivity index (χ4v) is 2.35. The molecule has 0 aromatic carbocycles. The van der Waals surface area contributed by atoms with E-state index < -0.39 is 0 Å². The van der Waals surface area contributed by atoms with E-state index in [1.54, 1.807) is 11.9 Å². The summed E-state index contributed by atoms with van der Waals surface area (Å²) in [6.07, 6.45) is 2.74. The van der Waals surface area contributed by atoms with Crippen LogP contribution in [-0.4, -0.2) is 62.1 Å². The van der Waals surface area contributed by atoms with Crippen LogP contribution in [0.25, 0.3) is 0 Å². The first-order valence-corrected chi connectivity index (χ1v) is 6.53. The molecular weight excluding hydrogens is 234 g/mol. The molecule has 0 aromatic heterocycles. The van der Waals surface area contributed by atoms with E-state index in [1.807, 2.05) is 0 Å². The maximum atomic E-state index is 11.7. The Labute approximate surface area is 107 Å². The molecule has 2 rings (SSSR count). The minimum atomic E-state index is -0.362. The standard InChI is InChI=1S/C12H21N3O3/c1-15-7-4-10(12(15)17)14-11(16)8-18-9-2-5-13-6-3-9/h9-10,13H,2-8H2,1H3,(H,14,16). The number of carbonyl (C=O) groups is 2. The van der Waals surface area contributed by atoms with Crippen molar-refractivity contribution in [3.05, 3.63) is 0 Å². The zero-order chi connectivity index (χ0) is 13.0. The monoisotopic (exact) mass is 255 g/mol. The number of ether oxygens (including phenoxy) is 1. The molecule has 0 aliphatic carbocycles. The van der Waals surface area contributed by atoms with Crippen molar-refractivity contribution in [2.45, 2.75) is 31.4 Å². The summed E-state index contributed by atoms with van der Waals surface area (Å²) < 4.78 is 5.54. The second kappa shape index (κ2) is 6.15. The lowest BCUT2D eigenvalue weighted by Gasteiger charge is -2.23. The normalized spacial score (nSPS) is 25.5. The van der Waals surface area contributed by atoms with Crippen molar-refractivity contribution in [1.82, 2.24) is 15.5 Å². The molecule has 2 aliphatic rings. The highest BCUT2D eigenvalue weighted by Crippen LogP contribution is 2.09. The number of carbonyl (C=O) groups excluding carboxylic acids is 2. The summed E-state index contributed by atoms with van der Waals surface area (Å²) in [6, 6.07) is -0.362. The van der Waals surface area contributed by atoms with Crippen LogP contribution in [0.1, 0.15) is 19.3 Å². The lowest BCUT2D eigenvalue weighted by atomic mass is 10.1. The van der Waals surface area contributed by atoms with Gasteiger partial charge in [-0.2, -0.15) is 0 Å². The van der Waals surface area contributed by atoms with Crippen LogP contribution in [0.15, 0.2) is 0 Å². The summed E-state index contributed by atoms with van der Waals surface area (Å²) >= 11 is 0. The predicted octanol–water partition coefficient (Wildman–Crippen LogP) is -0.898. The minimum absolute atomic E-state index is 0.00906.